The van der Waals surface area contributed by atoms with Crippen LogP contribution in [0.3, 0.4) is 0 Å². The summed E-state index contributed by atoms with van der Waals surface area (Å²) in [5.74, 6) is -0.964. The summed E-state index contributed by atoms with van der Waals surface area (Å²) in [7, 11) is 0. The molecule has 22 heavy (non-hydrogen) atoms. The van der Waals surface area contributed by atoms with E-state index in [1.54, 1.807) is 37.3 Å². The molecule has 2 amide bonds. The van der Waals surface area contributed by atoms with Crippen molar-refractivity contribution in [3.8, 4) is 6.07 Å². The van der Waals surface area contributed by atoms with E-state index in [4.69, 9.17) is 16.9 Å². The summed E-state index contributed by atoms with van der Waals surface area (Å²) in [6.07, 6.45) is 2.23. The third-order valence-electron chi connectivity index (χ3n) is 3.33. The van der Waals surface area contributed by atoms with Crippen LogP contribution in [0.25, 0.3) is 0 Å². The molecule has 0 aliphatic carbocycles. The van der Waals surface area contributed by atoms with Gasteiger partial charge in [-0.3, -0.25) is 15.0 Å². The Hall–Kier alpha value is -2.58. The van der Waals surface area contributed by atoms with E-state index in [1.165, 1.54) is 0 Å². The number of benzene rings is 1. The monoisotopic (exact) mass is 315 g/mol. The van der Waals surface area contributed by atoms with E-state index in [9.17, 15) is 9.59 Å². The maximum Gasteiger partial charge on any atom is 0.288 e. The predicted octanol–water partition coefficient (Wildman–Crippen LogP) is 2.96. The lowest BCUT2D eigenvalue weighted by atomic mass is 10.1. The Morgan fingerprint density at radius 3 is 2.55 bits per heavy atom. The highest BCUT2D eigenvalue weighted by Gasteiger charge is 2.35. The third kappa shape index (κ3) is 2.74. The fourth-order valence-electron chi connectivity index (χ4n) is 2.27. The number of nitrogens with zero attached hydrogens (tertiary/aromatic N) is 2. The SMILES string of the molecule is C/C=C1\C(CC)=C(C#N)C(=O)N1NC(=O)c1ccc(Cl)cc1. The van der Waals surface area contributed by atoms with E-state index < -0.39 is 11.8 Å². The highest BCUT2D eigenvalue weighted by molar-refractivity contribution is 6.30. The molecule has 112 valence electrons. The molecule has 0 atom stereocenters. The lowest BCUT2D eigenvalue weighted by molar-refractivity contribution is -0.125. The molecule has 2 rings (SSSR count). The Labute approximate surface area is 133 Å². The molecule has 0 radical (unpaired) electrons. The molecule has 0 saturated heterocycles. The van der Waals surface area contributed by atoms with Crippen molar-refractivity contribution in [2.24, 2.45) is 0 Å². The maximum atomic E-state index is 12.3. The molecule has 1 aromatic carbocycles. The number of nitriles is 1. The summed E-state index contributed by atoms with van der Waals surface area (Å²) in [6.45, 7) is 3.61. The highest BCUT2D eigenvalue weighted by Crippen LogP contribution is 2.29. The second-order valence-electron chi connectivity index (χ2n) is 4.58. The first-order valence-electron chi connectivity index (χ1n) is 6.74. The number of carbonyl (C=O) groups excluding carboxylic acids is 2. The van der Waals surface area contributed by atoms with E-state index in [2.05, 4.69) is 5.43 Å². The van der Waals surface area contributed by atoms with Crippen LogP contribution in [-0.2, 0) is 4.79 Å². The molecule has 0 bridgehead atoms. The van der Waals surface area contributed by atoms with Crippen molar-refractivity contribution in [3.05, 3.63) is 57.8 Å². The van der Waals surface area contributed by atoms with Crippen molar-refractivity contribution in [2.45, 2.75) is 20.3 Å². The third-order valence-corrected chi connectivity index (χ3v) is 3.58. The number of amides is 2. The minimum absolute atomic E-state index is 0.0620. The standard InChI is InChI=1S/C16H14ClN3O2/c1-3-12-13(9-18)16(22)20(14(12)4-2)19-15(21)10-5-7-11(17)8-6-10/h4-8H,3H2,1-2H3,(H,19,21)/b14-4+. The largest absolute Gasteiger partial charge is 0.288 e. The van der Waals surface area contributed by atoms with E-state index in [1.807, 2.05) is 13.0 Å². The number of hydrogen-bond donors (Lipinski definition) is 1. The Balaban J connectivity index is 2.27. The molecule has 0 unspecified atom stereocenters. The minimum atomic E-state index is -0.519. The number of rotatable bonds is 3. The zero-order valence-corrected chi connectivity index (χ0v) is 12.9. The van der Waals surface area contributed by atoms with Crippen LogP contribution in [0.15, 0.2) is 47.2 Å². The average molecular weight is 316 g/mol. The summed E-state index contributed by atoms with van der Waals surface area (Å²) in [6, 6.07) is 8.22. The van der Waals surface area contributed by atoms with Gasteiger partial charge in [0.05, 0.1) is 5.70 Å². The molecule has 1 heterocycles. The first-order chi connectivity index (χ1) is 10.5. The minimum Gasteiger partial charge on any atom is -0.267 e. The number of carbonyl (C=O) groups is 2. The summed E-state index contributed by atoms with van der Waals surface area (Å²) >= 11 is 5.78. The summed E-state index contributed by atoms with van der Waals surface area (Å²) < 4.78 is 0. The topological polar surface area (TPSA) is 73.2 Å². The van der Waals surface area contributed by atoms with Crippen LogP contribution in [0, 0.1) is 11.3 Å². The second kappa shape index (κ2) is 6.46. The molecule has 0 spiro atoms. The predicted molar refractivity (Wildman–Crippen MR) is 82.5 cm³/mol. The molecule has 5 nitrogen and oxygen atoms in total. The van der Waals surface area contributed by atoms with Gasteiger partial charge in [0.1, 0.15) is 11.6 Å². The number of hydrazine groups is 1. The van der Waals surface area contributed by atoms with E-state index in [0.717, 1.165) is 5.01 Å². The Bertz CT molecular complexity index is 727. The van der Waals surface area contributed by atoms with Gasteiger partial charge in [-0.1, -0.05) is 24.6 Å². The van der Waals surface area contributed by atoms with Crippen molar-refractivity contribution in [2.75, 3.05) is 0 Å². The van der Waals surface area contributed by atoms with Gasteiger partial charge in [-0.15, -0.1) is 0 Å². The van der Waals surface area contributed by atoms with Gasteiger partial charge < -0.3 is 0 Å². The van der Waals surface area contributed by atoms with Crippen LogP contribution >= 0.6 is 11.6 Å². The van der Waals surface area contributed by atoms with Crippen molar-refractivity contribution < 1.29 is 9.59 Å². The van der Waals surface area contributed by atoms with Crippen molar-refractivity contribution >= 4 is 23.4 Å². The highest BCUT2D eigenvalue weighted by atomic mass is 35.5. The molecule has 0 saturated carbocycles. The van der Waals surface area contributed by atoms with Gasteiger partial charge in [-0.2, -0.15) is 5.26 Å². The molecule has 0 fully saturated rings. The molecule has 1 aromatic rings. The molecule has 0 aromatic heterocycles. The molecule has 1 N–H and O–H groups in total. The zero-order valence-electron chi connectivity index (χ0n) is 12.2. The van der Waals surface area contributed by atoms with Crippen LogP contribution < -0.4 is 5.43 Å². The van der Waals surface area contributed by atoms with Crippen molar-refractivity contribution in [1.29, 1.82) is 5.26 Å². The van der Waals surface area contributed by atoms with Crippen LogP contribution in [0.4, 0.5) is 0 Å². The van der Waals surface area contributed by atoms with Gasteiger partial charge in [0, 0.05) is 16.2 Å². The lowest BCUT2D eigenvalue weighted by Crippen LogP contribution is -2.43. The first kappa shape index (κ1) is 15.8. The Morgan fingerprint density at radius 1 is 1.41 bits per heavy atom. The van der Waals surface area contributed by atoms with Crippen molar-refractivity contribution in [3.63, 3.8) is 0 Å². The number of hydrogen-bond acceptors (Lipinski definition) is 3. The van der Waals surface area contributed by atoms with Crippen LogP contribution in [0.5, 0.6) is 0 Å². The Morgan fingerprint density at radius 2 is 2.05 bits per heavy atom. The maximum absolute atomic E-state index is 12.3. The van der Waals surface area contributed by atoms with Gasteiger partial charge in [-0.05, 0) is 37.6 Å². The van der Waals surface area contributed by atoms with E-state index in [-0.39, 0.29) is 5.57 Å². The molecule has 1 aliphatic rings. The van der Waals surface area contributed by atoms with Crippen molar-refractivity contribution in [1.82, 2.24) is 10.4 Å². The lowest BCUT2D eigenvalue weighted by Gasteiger charge is -2.20. The average Bonchev–Trinajstić information content (AvgIpc) is 2.78. The fourth-order valence-corrected chi connectivity index (χ4v) is 2.39. The number of halogens is 1. The molecule has 1 aliphatic heterocycles. The molecular formula is C16H14ClN3O2. The number of nitrogens with one attached hydrogen (secondary N) is 1. The van der Waals surface area contributed by atoms with E-state index in [0.29, 0.717) is 28.3 Å². The summed E-state index contributed by atoms with van der Waals surface area (Å²) in [4.78, 5) is 24.5. The van der Waals surface area contributed by atoms with Gasteiger partial charge in [0.15, 0.2) is 0 Å². The van der Waals surface area contributed by atoms with Crippen LogP contribution in [0.1, 0.15) is 30.6 Å². The smallest absolute Gasteiger partial charge is 0.267 e. The summed E-state index contributed by atoms with van der Waals surface area (Å²) in [5, 5.41) is 10.8. The number of allylic oxidation sites excluding steroid dienone is 2. The van der Waals surface area contributed by atoms with Crippen LogP contribution in [-0.4, -0.2) is 16.8 Å². The second-order valence-corrected chi connectivity index (χ2v) is 5.02. The quantitative estimate of drug-likeness (QED) is 0.932. The fraction of sp³-hybridized carbons (Fsp3) is 0.188. The zero-order chi connectivity index (χ0) is 16.3. The normalized spacial score (nSPS) is 16.2. The molecule has 6 heteroatoms. The molecular weight excluding hydrogens is 302 g/mol. The van der Waals surface area contributed by atoms with Gasteiger partial charge in [0.25, 0.3) is 11.8 Å². The van der Waals surface area contributed by atoms with Crippen LogP contribution in [0.2, 0.25) is 5.02 Å². The summed E-state index contributed by atoms with van der Waals surface area (Å²) in [5.41, 5.74) is 4.13. The van der Waals surface area contributed by atoms with Gasteiger partial charge in [0.2, 0.25) is 0 Å². The van der Waals surface area contributed by atoms with Gasteiger partial charge in [-0.25, -0.2) is 5.01 Å². The van der Waals surface area contributed by atoms with Gasteiger partial charge >= 0.3 is 0 Å². The van der Waals surface area contributed by atoms with E-state index >= 15 is 0 Å². The first-order valence-corrected chi connectivity index (χ1v) is 7.12. The Kier molecular flexibility index (Phi) is 4.64.